The summed E-state index contributed by atoms with van der Waals surface area (Å²) in [5.41, 5.74) is 4.21. The fourth-order valence-corrected chi connectivity index (χ4v) is 2.59. The number of amides is 1. The average molecular weight is 335 g/mol. The molecular weight excluding hydrogens is 317 g/mol. The van der Waals surface area contributed by atoms with Gasteiger partial charge in [0.15, 0.2) is 0 Å². The Kier molecular flexibility index (Phi) is 4.75. The average Bonchev–Trinajstić information content (AvgIpc) is 2.90. The summed E-state index contributed by atoms with van der Waals surface area (Å²) in [6, 6.07) is 15.5. The molecule has 5 heteroatoms. The van der Waals surface area contributed by atoms with Crippen LogP contribution in [0.3, 0.4) is 0 Å². The van der Waals surface area contributed by atoms with Crippen molar-refractivity contribution in [3.05, 3.63) is 83.4 Å². The Bertz CT molecular complexity index is 912. The smallest absolute Gasteiger partial charge is 0.248 e. The first kappa shape index (κ1) is 16.6. The van der Waals surface area contributed by atoms with Crippen molar-refractivity contribution in [2.45, 2.75) is 13.8 Å². The summed E-state index contributed by atoms with van der Waals surface area (Å²) in [7, 11) is 0. The number of rotatable bonds is 4. The lowest BCUT2D eigenvalue weighted by molar-refractivity contribution is -0.111. The van der Waals surface area contributed by atoms with E-state index in [0.29, 0.717) is 5.69 Å². The minimum Gasteiger partial charge on any atom is -0.323 e. The van der Waals surface area contributed by atoms with Crippen molar-refractivity contribution in [1.29, 1.82) is 0 Å². The van der Waals surface area contributed by atoms with Gasteiger partial charge in [0, 0.05) is 23.0 Å². The Hall–Kier alpha value is -3.21. The second-order valence-electron chi connectivity index (χ2n) is 5.66. The Labute approximate surface area is 145 Å². The number of carbonyl (C=O) groups is 1. The van der Waals surface area contributed by atoms with Gasteiger partial charge in [-0.25, -0.2) is 9.07 Å². The van der Waals surface area contributed by atoms with E-state index in [1.165, 1.54) is 30.3 Å². The van der Waals surface area contributed by atoms with Gasteiger partial charge in [0.1, 0.15) is 5.82 Å². The highest BCUT2D eigenvalue weighted by atomic mass is 19.1. The van der Waals surface area contributed by atoms with Gasteiger partial charge >= 0.3 is 0 Å². The van der Waals surface area contributed by atoms with Gasteiger partial charge in [-0.2, -0.15) is 5.10 Å². The number of aromatic nitrogens is 2. The van der Waals surface area contributed by atoms with Crippen LogP contribution < -0.4 is 5.32 Å². The summed E-state index contributed by atoms with van der Waals surface area (Å²) in [5, 5.41) is 7.24. The van der Waals surface area contributed by atoms with Crippen molar-refractivity contribution in [3.63, 3.8) is 0 Å². The largest absolute Gasteiger partial charge is 0.323 e. The highest BCUT2D eigenvalue weighted by Gasteiger charge is 2.10. The number of carbonyl (C=O) groups excluding carboxylic acids is 1. The van der Waals surface area contributed by atoms with Crippen LogP contribution in [0.5, 0.6) is 0 Å². The number of hydrogen-bond donors (Lipinski definition) is 1. The molecule has 2 aromatic carbocycles. The van der Waals surface area contributed by atoms with E-state index in [2.05, 4.69) is 10.4 Å². The molecule has 0 aliphatic carbocycles. The number of aryl methyl sites for hydroxylation is 1. The van der Waals surface area contributed by atoms with Crippen molar-refractivity contribution in [3.8, 4) is 5.69 Å². The van der Waals surface area contributed by atoms with E-state index in [9.17, 15) is 9.18 Å². The van der Waals surface area contributed by atoms with Gasteiger partial charge in [-0.05, 0) is 56.3 Å². The van der Waals surface area contributed by atoms with Gasteiger partial charge in [0.05, 0.1) is 11.4 Å². The molecule has 1 N–H and O–H groups in total. The Morgan fingerprint density at radius 3 is 2.44 bits per heavy atom. The van der Waals surface area contributed by atoms with Gasteiger partial charge in [-0.3, -0.25) is 4.79 Å². The molecule has 3 aromatic rings. The van der Waals surface area contributed by atoms with Crippen molar-refractivity contribution in [2.24, 2.45) is 0 Å². The molecule has 0 aliphatic heterocycles. The van der Waals surface area contributed by atoms with Crippen LogP contribution in [0.1, 0.15) is 17.0 Å². The molecule has 0 unspecified atom stereocenters. The lowest BCUT2D eigenvalue weighted by Crippen LogP contribution is -2.07. The van der Waals surface area contributed by atoms with Crippen LogP contribution in [-0.2, 0) is 4.79 Å². The molecule has 0 saturated carbocycles. The molecule has 1 heterocycles. The molecule has 0 atom stereocenters. The minimum absolute atomic E-state index is 0.280. The van der Waals surface area contributed by atoms with E-state index in [1.807, 2.05) is 48.9 Å². The molecule has 0 bridgehead atoms. The maximum absolute atomic E-state index is 12.9. The molecule has 4 nitrogen and oxygen atoms in total. The van der Waals surface area contributed by atoms with E-state index < -0.39 is 0 Å². The maximum atomic E-state index is 12.9. The van der Waals surface area contributed by atoms with E-state index in [-0.39, 0.29) is 11.7 Å². The van der Waals surface area contributed by atoms with Gasteiger partial charge in [-0.1, -0.05) is 18.2 Å². The molecule has 0 spiro atoms. The summed E-state index contributed by atoms with van der Waals surface area (Å²) in [6.07, 6.45) is 3.20. The second kappa shape index (κ2) is 7.13. The topological polar surface area (TPSA) is 46.9 Å². The Morgan fingerprint density at radius 1 is 1.08 bits per heavy atom. The summed E-state index contributed by atoms with van der Waals surface area (Å²) in [5.74, 6) is -0.619. The lowest BCUT2D eigenvalue weighted by atomic mass is 10.2. The molecule has 0 saturated heterocycles. The van der Waals surface area contributed by atoms with Crippen LogP contribution in [0.25, 0.3) is 11.8 Å². The molecule has 0 aliphatic rings. The zero-order valence-corrected chi connectivity index (χ0v) is 14.0. The highest BCUT2D eigenvalue weighted by Crippen LogP contribution is 2.19. The summed E-state index contributed by atoms with van der Waals surface area (Å²) in [4.78, 5) is 12.1. The lowest BCUT2D eigenvalue weighted by Gasteiger charge is -2.04. The van der Waals surface area contributed by atoms with E-state index in [0.717, 1.165) is 22.6 Å². The molecular formula is C20H18FN3O. The zero-order valence-electron chi connectivity index (χ0n) is 14.0. The minimum atomic E-state index is -0.340. The quantitative estimate of drug-likeness (QED) is 0.723. The fraction of sp³-hybridized carbons (Fsp3) is 0.100. The fourth-order valence-electron chi connectivity index (χ4n) is 2.59. The molecule has 25 heavy (non-hydrogen) atoms. The maximum Gasteiger partial charge on any atom is 0.248 e. The van der Waals surface area contributed by atoms with Crippen molar-refractivity contribution >= 4 is 17.7 Å². The first-order valence-corrected chi connectivity index (χ1v) is 7.91. The van der Waals surface area contributed by atoms with Crippen LogP contribution in [0, 0.1) is 19.7 Å². The zero-order chi connectivity index (χ0) is 17.8. The van der Waals surface area contributed by atoms with Crippen molar-refractivity contribution < 1.29 is 9.18 Å². The normalized spacial score (nSPS) is 11.0. The third-order valence-corrected chi connectivity index (χ3v) is 3.86. The van der Waals surface area contributed by atoms with E-state index >= 15 is 0 Å². The van der Waals surface area contributed by atoms with Crippen LogP contribution in [0.15, 0.2) is 60.7 Å². The third kappa shape index (κ3) is 3.83. The van der Waals surface area contributed by atoms with Gasteiger partial charge in [0.2, 0.25) is 5.91 Å². The summed E-state index contributed by atoms with van der Waals surface area (Å²) >= 11 is 0. The van der Waals surface area contributed by atoms with Crippen LogP contribution in [-0.4, -0.2) is 15.7 Å². The van der Waals surface area contributed by atoms with E-state index in [4.69, 9.17) is 0 Å². The monoisotopic (exact) mass is 335 g/mol. The number of nitrogens with one attached hydrogen (secondary N) is 1. The van der Waals surface area contributed by atoms with Crippen LogP contribution >= 0.6 is 0 Å². The SMILES string of the molecule is Cc1nn(-c2ccccc2)c(C)c1/C=C/C(=O)Nc1ccc(F)cc1. The standard InChI is InChI=1S/C20H18FN3O/c1-14-19(15(2)24(23-14)18-6-4-3-5-7-18)12-13-20(25)22-17-10-8-16(21)9-11-17/h3-13H,1-2H3,(H,22,25)/b13-12+. The van der Waals surface area contributed by atoms with Crippen LogP contribution in [0.2, 0.25) is 0 Å². The van der Waals surface area contributed by atoms with Crippen molar-refractivity contribution in [1.82, 2.24) is 9.78 Å². The number of anilines is 1. The Balaban J connectivity index is 1.78. The van der Waals surface area contributed by atoms with Gasteiger partial charge < -0.3 is 5.32 Å². The molecule has 1 amide bonds. The molecule has 0 radical (unpaired) electrons. The van der Waals surface area contributed by atoms with Crippen LogP contribution in [0.4, 0.5) is 10.1 Å². The predicted molar refractivity (Wildman–Crippen MR) is 97.1 cm³/mol. The van der Waals surface area contributed by atoms with Gasteiger partial charge in [0.25, 0.3) is 0 Å². The molecule has 0 fully saturated rings. The first-order valence-electron chi connectivity index (χ1n) is 7.91. The number of benzene rings is 2. The first-order chi connectivity index (χ1) is 12.0. The van der Waals surface area contributed by atoms with Gasteiger partial charge in [-0.15, -0.1) is 0 Å². The molecule has 1 aromatic heterocycles. The third-order valence-electron chi connectivity index (χ3n) is 3.86. The number of hydrogen-bond acceptors (Lipinski definition) is 2. The van der Waals surface area contributed by atoms with Crippen molar-refractivity contribution in [2.75, 3.05) is 5.32 Å². The van der Waals surface area contributed by atoms with E-state index in [1.54, 1.807) is 6.08 Å². The molecule has 126 valence electrons. The number of halogens is 1. The summed E-state index contributed by atoms with van der Waals surface area (Å²) < 4.78 is 14.7. The highest BCUT2D eigenvalue weighted by molar-refractivity contribution is 6.02. The number of para-hydroxylation sites is 1. The summed E-state index contributed by atoms with van der Waals surface area (Å²) in [6.45, 7) is 3.87. The predicted octanol–water partition coefficient (Wildman–Crippen LogP) is 4.28. The molecule has 3 rings (SSSR count). The number of nitrogens with zero attached hydrogens (tertiary/aromatic N) is 2. The Morgan fingerprint density at radius 2 is 1.76 bits per heavy atom. The second-order valence-corrected chi connectivity index (χ2v) is 5.66.